The van der Waals surface area contributed by atoms with Gasteiger partial charge >= 0.3 is 0 Å². The molecule has 0 aromatic carbocycles. The Hall–Kier alpha value is -1.78. The van der Waals surface area contributed by atoms with E-state index in [1.54, 1.807) is 0 Å². The van der Waals surface area contributed by atoms with Crippen LogP contribution >= 0.6 is 0 Å². The Labute approximate surface area is 145 Å². The highest BCUT2D eigenvalue weighted by atomic mass is 15.1. The van der Waals surface area contributed by atoms with Gasteiger partial charge in [0, 0.05) is 36.9 Å². The molecule has 2 aromatic rings. The first-order valence-electron chi connectivity index (χ1n) is 8.96. The Morgan fingerprint density at radius 3 is 1.54 bits per heavy atom. The predicted octanol–water partition coefficient (Wildman–Crippen LogP) is 3.70. The largest absolute Gasteiger partial charge is 0.299 e. The minimum atomic E-state index is 0.610. The SMILES string of the molecule is CN1CCCC1c1cccnc1.CN1CCCC1c1cccnc1. The molecule has 2 aromatic heterocycles. The fraction of sp³-hybridized carbons (Fsp3) is 0.500. The van der Waals surface area contributed by atoms with E-state index < -0.39 is 0 Å². The highest BCUT2D eigenvalue weighted by Crippen LogP contribution is 2.30. The maximum absolute atomic E-state index is 4.14. The molecule has 2 fully saturated rings. The highest BCUT2D eigenvalue weighted by molar-refractivity contribution is 5.15. The summed E-state index contributed by atoms with van der Waals surface area (Å²) in [5.41, 5.74) is 2.72. The molecule has 4 heterocycles. The van der Waals surface area contributed by atoms with Gasteiger partial charge in [-0.2, -0.15) is 0 Å². The van der Waals surface area contributed by atoms with Gasteiger partial charge in [0.2, 0.25) is 0 Å². The van der Waals surface area contributed by atoms with Gasteiger partial charge in [0.05, 0.1) is 0 Å². The van der Waals surface area contributed by atoms with Crippen molar-refractivity contribution in [1.82, 2.24) is 19.8 Å². The number of likely N-dealkylation sites (tertiary alicyclic amines) is 2. The normalized spacial score (nSPS) is 24.6. The van der Waals surface area contributed by atoms with Gasteiger partial charge in [-0.05, 0) is 76.1 Å². The number of aromatic nitrogens is 2. The molecule has 2 atom stereocenters. The van der Waals surface area contributed by atoms with E-state index in [0.29, 0.717) is 12.1 Å². The Kier molecular flexibility index (Phi) is 5.94. The second-order valence-electron chi connectivity index (χ2n) is 6.85. The maximum atomic E-state index is 4.14. The molecule has 0 spiro atoms. The molecule has 128 valence electrons. The third-order valence-electron chi connectivity index (χ3n) is 5.18. The fourth-order valence-corrected chi connectivity index (χ4v) is 3.81. The summed E-state index contributed by atoms with van der Waals surface area (Å²) < 4.78 is 0. The molecular weight excluding hydrogens is 296 g/mol. The van der Waals surface area contributed by atoms with Gasteiger partial charge in [-0.25, -0.2) is 0 Å². The molecule has 4 rings (SSSR count). The van der Waals surface area contributed by atoms with Crippen LogP contribution in [0.25, 0.3) is 0 Å². The second kappa shape index (κ2) is 8.36. The molecule has 0 saturated carbocycles. The number of hydrogen-bond acceptors (Lipinski definition) is 4. The summed E-state index contributed by atoms with van der Waals surface area (Å²) in [5.74, 6) is 0. The lowest BCUT2D eigenvalue weighted by Gasteiger charge is -2.18. The Balaban J connectivity index is 0.000000141. The van der Waals surface area contributed by atoms with E-state index in [1.165, 1.54) is 49.9 Å². The first-order chi connectivity index (χ1) is 11.8. The maximum Gasteiger partial charge on any atom is 0.0360 e. The average Bonchev–Trinajstić information content (AvgIpc) is 3.25. The molecule has 0 N–H and O–H groups in total. The number of rotatable bonds is 2. The predicted molar refractivity (Wildman–Crippen MR) is 97.7 cm³/mol. The van der Waals surface area contributed by atoms with Gasteiger partial charge in [0.25, 0.3) is 0 Å². The van der Waals surface area contributed by atoms with Crippen molar-refractivity contribution < 1.29 is 0 Å². The van der Waals surface area contributed by atoms with Crippen LogP contribution in [0.2, 0.25) is 0 Å². The van der Waals surface area contributed by atoms with Crippen molar-refractivity contribution in [3.8, 4) is 0 Å². The van der Waals surface area contributed by atoms with Crippen molar-refractivity contribution in [2.75, 3.05) is 27.2 Å². The van der Waals surface area contributed by atoms with Gasteiger partial charge in [0.1, 0.15) is 0 Å². The first kappa shape index (κ1) is 17.1. The molecule has 2 aliphatic rings. The van der Waals surface area contributed by atoms with E-state index in [9.17, 15) is 0 Å². The van der Waals surface area contributed by atoms with Crippen molar-refractivity contribution in [2.24, 2.45) is 0 Å². The summed E-state index contributed by atoms with van der Waals surface area (Å²) >= 11 is 0. The first-order valence-corrected chi connectivity index (χ1v) is 8.96. The zero-order chi connectivity index (χ0) is 16.8. The summed E-state index contributed by atoms with van der Waals surface area (Å²) in [6.45, 7) is 2.44. The molecule has 4 heteroatoms. The van der Waals surface area contributed by atoms with Gasteiger partial charge in [0.15, 0.2) is 0 Å². The fourth-order valence-electron chi connectivity index (χ4n) is 3.81. The minimum absolute atomic E-state index is 0.610. The molecule has 2 saturated heterocycles. The lowest BCUT2D eigenvalue weighted by Crippen LogP contribution is -2.17. The second-order valence-corrected chi connectivity index (χ2v) is 6.85. The summed E-state index contributed by atoms with van der Waals surface area (Å²) in [6, 6.07) is 9.58. The van der Waals surface area contributed by atoms with Crippen molar-refractivity contribution in [3.63, 3.8) is 0 Å². The van der Waals surface area contributed by atoms with Crippen LogP contribution in [0.4, 0.5) is 0 Å². The van der Waals surface area contributed by atoms with Crippen LogP contribution in [0.3, 0.4) is 0 Å². The molecular formula is C20H28N4. The quantitative estimate of drug-likeness (QED) is 0.843. The van der Waals surface area contributed by atoms with Crippen molar-refractivity contribution in [1.29, 1.82) is 0 Å². The topological polar surface area (TPSA) is 32.3 Å². The van der Waals surface area contributed by atoms with Crippen LogP contribution in [0.1, 0.15) is 48.9 Å². The summed E-state index contributed by atoms with van der Waals surface area (Å²) in [5, 5.41) is 0. The van der Waals surface area contributed by atoms with Gasteiger partial charge < -0.3 is 0 Å². The van der Waals surface area contributed by atoms with Gasteiger partial charge in [-0.1, -0.05) is 12.1 Å². The molecule has 2 aliphatic heterocycles. The third kappa shape index (κ3) is 4.19. The Morgan fingerprint density at radius 1 is 0.792 bits per heavy atom. The monoisotopic (exact) mass is 324 g/mol. The van der Waals surface area contributed by atoms with Crippen LogP contribution in [-0.2, 0) is 0 Å². The van der Waals surface area contributed by atoms with Crippen molar-refractivity contribution in [3.05, 3.63) is 60.2 Å². The summed E-state index contributed by atoms with van der Waals surface area (Å²) in [7, 11) is 4.37. The Bertz CT molecular complexity index is 546. The number of hydrogen-bond donors (Lipinski definition) is 0. The van der Waals surface area contributed by atoms with E-state index in [-0.39, 0.29) is 0 Å². The molecule has 0 amide bonds. The standard InChI is InChI=1S/2C10H14N2/c2*1-12-7-3-5-10(12)9-4-2-6-11-8-9/h2*2,4,6,8,10H,3,5,7H2,1H3. The van der Waals surface area contributed by atoms with E-state index in [1.807, 2.05) is 36.9 Å². The summed E-state index contributed by atoms with van der Waals surface area (Å²) in [4.78, 5) is 13.1. The zero-order valence-corrected chi connectivity index (χ0v) is 14.8. The minimum Gasteiger partial charge on any atom is -0.299 e. The van der Waals surface area contributed by atoms with Crippen LogP contribution in [0.15, 0.2) is 49.1 Å². The lowest BCUT2D eigenvalue weighted by atomic mass is 10.1. The molecule has 0 aliphatic carbocycles. The van der Waals surface area contributed by atoms with Crippen LogP contribution in [0, 0.1) is 0 Å². The molecule has 2 unspecified atom stereocenters. The van der Waals surface area contributed by atoms with Gasteiger partial charge in [-0.3, -0.25) is 19.8 Å². The van der Waals surface area contributed by atoms with Crippen LogP contribution < -0.4 is 0 Å². The Morgan fingerprint density at radius 2 is 1.25 bits per heavy atom. The highest BCUT2D eigenvalue weighted by Gasteiger charge is 2.22. The number of pyridine rings is 2. The van der Waals surface area contributed by atoms with Crippen molar-refractivity contribution >= 4 is 0 Å². The van der Waals surface area contributed by atoms with Crippen LogP contribution in [0.5, 0.6) is 0 Å². The molecule has 0 radical (unpaired) electrons. The smallest absolute Gasteiger partial charge is 0.0360 e. The molecule has 0 bridgehead atoms. The van der Waals surface area contributed by atoms with Gasteiger partial charge in [-0.15, -0.1) is 0 Å². The van der Waals surface area contributed by atoms with Crippen LogP contribution in [-0.4, -0.2) is 47.0 Å². The van der Waals surface area contributed by atoms with E-state index in [0.717, 1.165) is 0 Å². The lowest BCUT2D eigenvalue weighted by molar-refractivity contribution is 0.317. The third-order valence-corrected chi connectivity index (χ3v) is 5.18. The average molecular weight is 324 g/mol. The van der Waals surface area contributed by atoms with E-state index in [2.05, 4.69) is 46.0 Å². The molecule has 4 nitrogen and oxygen atoms in total. The summed E-state index contributed by atoms with van der Waals surface area (Å²) in [6.07, 6.45) is 12.8. The van der Waals surface area contributed by atoms with Crippen molar-refractivity contribution in [2.45, 2.75) is 37.8 Å². The number of nitrogens with zero attached hydrogens (tertiary/aromatic N) is 4. The zero-order valence-electron chi connectivity index (χ0n) is 14.8. The van der Waals surface area contributed by atoms with E-state index in [4.69, 9.17) is 0 Å². The molecule has 24 heavy (non-hydrogen) atoms. The van der Waals surface area contributed by atoms with E-state index >= 15 is 0 Å².